The zero-order valence-electron chi connectivity index (χ0n) is 15.0. The molecule has 2 N–H and O–H groups in total. The fraction of sp³-hybridized carbons (Fsp3) is 0.500. The molecule has 1 rings (SSSR count). The van der Waals surface area contributed by atoms with E-state index in [1.165, 1.54) is 24.3 Å². The van der Waals surface area contributed by atoms with Crippen molar-refractivity contribution in [1.82, 2.24) is 0 Å². The molecule has 0 aromatic heterocycles. The molecule has 1 aromatic carbocycles. The van der Waals surface area contributed by atoms with Crippen molar-refractivity contribution < 1.29 is 28.9 Å². The molecule has 0 saturated heterocycles. The van der Waals surface area contributed by atoms with Crippen LogP contribution in [0.5, 0.6) is 0 Å². The van der Waals surface area contributed by atoms with E-state index in [2.05, 4.69) is 0 Å². The summed E-state index contributed by atoms with van der Waals surface area (Å²) in [6, 6.07) is 5.96. The van der Waals surface area contributed by atoms with Crippen LogP contribution in [0.1, 0.15) is 41.5 Å². The van der Waals surface area contributed by atoms with Crippen molar-refractivity contribution in [3.05, 3.63) is 24.3 Å². The molecule has 0 bridgehead atoms. The Morgan fingerprint density at radius 3 is 1.42 bits per heavy atom. The quantitative estimate of drug-likeness (QED) is 0.767. The lowest BCUT2D eigenvalue weighted by atomic mass is 9.73. The molecule has 0 aliphatic carbocycles. The highest BCUT2D eigenvalue weighted by Gasteiger charge is 2.37. The van der Waals surface area contributed by atoms with Crippen molar-refractivity contribution in [1.29, 1.82) is 0 Å². The van der Waals surface area contributed by atoms with Crippen LogP contribution < -0.4 is 10.9 Å². The molecule has 0 unspecified atom stereocenters. The first-order chi connectivity index (χ1) is 10.8. The largest absolute Gasteiger partial charge is 0.636 e. The van der Waals surface area contributed by atoms with Crippen LogP contribution in [-0.2, 0) is 18.9 Å². The molecule has 0 fully saturated rings. The van der Waals surface area contributed by atoms with Crippen molar-refractivity contribution >= 4 is 37.1 Å². The van der Waals surface area contributed by atoms with E-state index in [1.807, 2.05) is 0 Å². The van der Waals surface area contributed by atoms with Gasteiger partial charge in [-0.05, 0) is 47.0 Å². The summed E-state index contributed by atoms with van der Waals surface area (Å²) in [5.74, 6) is -1.03. The highest BCUT2D eigenvalue weighted by Crippen LogP contribution is 2.19. The summed E-state index contributed by atoms with van der Waals surface area (Å²) in [6.07, 6.45) is 0. The first kappa shape index (κ1) is 20.3. The Morgan fingerprint density at radius 2 is 1.12 bits per heavy atom. The van der Waals surface area contributed by atoms with Crippen molar-refractivity contribution in [2.24, 2.45) is 10.8 Å². The average molecular weight is 334 g/mol. The van der Waals surface area contributed by atoms with E-state index in [9.17, 15) is 9.59 Å². The standard InChI is InChI=1S/C16H24B2O6/c1-15(2,3)13(19)23-18(24-14(20)16(4,5)6)12-9-7-11(8-10-12)17(21)22/h7-10,21-22H,1-6H3. The number of hydrogen-bond acceptors (Lipinski definition) is 6. The van der Waals surface area contributed by atoms with E-state index < -0.39 is 37.0 Å². The summed E-state index contributed by atoms with van der Waals surface area (Å²) < 4.78 is 10.7. The van der Waals surface area contributed by atoms with Gasteiger partial charge in [0.2, 0.25) is 0 Å². The van der Waals surface area contributed by atoms with Gasteiger partial charge < -0.3 is 19.4 Å². The minimum absolute atomic E-state index is 0.279. The third-order valence-electron chi connectivity index (χ3n) is 3.16. The molecular formula is C16H24B2O6. The van der Waals surface area contributed by atoms with Crippen molar-refractivity contribution in [3.63, 3.8) is 0 Å². The van der Waals surface area contributed by atoms with Gasteiger partial charge in [-0.3, -0.25) is 9.59 Å². The maximum Gasteiger partial charge on any atom is 0.636 e. The molecule has 130 valence electrons. The van der Waals surface area contributed by atoms with Gasteiger partial charge >= 0.3 is 14.2 Å². The van der Waals surface area contributed by atoms with E-state index in [1.54, 1.807) is 41.5 Å². The topological polar surface area (TPSA) is 93.1 Å². The van der Waals surface area contributed by atoms with Gasteiger partial charge in [0.15, 0.2) is 0 Å². The van der Waals surface area contributed by atoms with Gasteiger partial charge in [0.1, 0.15) is 0 Å². The van der Waals surface area contributed by atoms with Gasteiger partial charge in [0, 0.05) is 5.46 Å². The van der Waals surface area contributed by atoms with Crippen molar-refractivity contribution in [3.8, 4) is 0 Å². The van der Waals surface area contributed by atoms with Gasteiger partial charge in [-0.1, -0.05) is 24.3 Å². The Labute approximate surface area is 143 Å². The fourth-order valence-electron chi connectivity index (χ4n) is 1.53. The highest BCUT2D eigenvalue weighted by atomic mass is 16.6. The minimum Gasteiger partial charge on any atom is -0.495 e. The van der Waals surface area contributed by atoms with Gasteiger partial charge in [0.25, 0.3) is 11.9 Å². The predicted molar refractivity (Wildman–Crippen MR) is 92.7 cm³/mol. The Kier molecular flexibility index (Phi) is 6.25. The summed E-state index contributed by atoms with van der Waals surface area (Å²) in [6.45, 7) is 10.2. The third kappa shape index (κ3) is 5.69. The van der Waals surface area contributed by atoms with Gasteiger partial charge in [0.05, 0.1) is 10.8 Å². The zero-order chi connectivity index (χ0) is 18.7. The molecule has 0 spiro atoms. The fourth-order valence-corrected chi connectivity index (χ4v) is 1.53. The zero-order valence-corrected chi connectivity index (χ0v) is 15.0. The van der Waals surface area contributed by atoms with Crippen LogP contribution in [0.15, 0.2) is 24.3 Å². The lowest BCUT2D eigenvalue weighted by Gasteiger charge is -2.24. The smallest absolute Gasteiger partial charge is 0.495 e. The van der Waals surface area contributed by atoms with E-state index in [0.29, 0.717) is 5.46 Å². The van der Waals surface area contributed by atoms with E-state index >= 15 is 0 Å². The second-order valence-electron chi connectivity index (χ2n) is 7.68. The second-order valence-corrected chi connectivity index (χ2v) is 7.68. The molecule has 1 aromatic rings. The van der Waals surface area contributed by atoms with Gasteiger partial charge in [-0.25, -0.2) is 0 Å². The molecule has 8 heteroatoms. The van der Waals surface area contributed by atoms with Crippen LogP contribution in [0.3, 0.4) is 0 Å². The molecule has 24 heavy (non-hydrogen) atoms. The summed E-state index contributed by atoms with van der Waals surface area (Å²) >= 11 is 0. The average Bonchev–Trinajstić information content (AvgIpc) is 2.44. The highest BCUT2D eigenvalue weighted by molar-refractivity contribution is 6.65. The lowest BCUT2D eigenvalue weighted by molar-refractivity contribution is -0.149. The summed E-state index contributed by atoms with van der Waals surface area (Å²) in [4.78, 5) is 24.3. The van der Waals surface area contributed by atoms with Gasteiger partial charge in [-0.2, -0.15) is 0 Å². The molecule has 6 nitrogen and oxygen atoms in total. The maximum absolute atomic E-state index is 12.2. The lowest BCUT2D eigenvalue weighted by Crippen LogP contribution is -2.45. The molecule has 0 radical (unpaired) electrons. The first-order valence-corrected chi connectivity index (χ1v) is 7.70. The van der Waals surface area contributed by atoms with E-state index in [-0.39, 0.29) is 5.46 Å². The molecule has 0 aliphatic heterocycles. The number of carbonyl (C=O) groups excluding carboxylic acids is 2. The van der Waals surface area contributed by atoms with Crippen LogP contribution in [0.25, 0.3) is 0 Å². The van der Waals surface area contributed by atoms with E-state index in [4.69, 9.17) is 19.4 Å². The number of carbonyl (C=O) groups is 2. The monoisotopic (exact) mass is 334 g/mol. The predicted octanol–water partition coefficient (Wildman–Crippen LogP) is 0.240. The summed E-state index contributed by atoms with van der Waals surface area (Å²) in [5, 5.41) is 18.3. The molecule has 0 heterocycles. The molecular weight excluding hydrogens is 310 g/mol. The Bertz CT molecular complexity index is 556. The third-order valence-corrected chi connectivity index (χ3v) is 3.16. The minimum atomic E-state index is -1.60. The Balaban J connectivity index is 3.08. The van der Waals surface area contributed by atoms with Crippen LogP contribution in [-0.4, -0.2) is 36.2 Å². The normalized spacial score (nSPS) is 11.7. The second kappa shape index (κ2) is 7.40. The Hall–Kier alpha value is -1.79. The van der Waals surface area contributed by atoms with Crippen LogP contribution >= 0.6 is 0 Å². The number of hydrogen-bond donors (Lipinski definition) is 2. The molecule has 0 atom stereocenters. The number of benzene rings is 1. The molecule has 0 amide bonds. The summed E-state index contributed by atoms with van der Waals surface area (Å²) in [5.41, 5.74) is -0.808. The first-order valence-electron chi connectivity index (χ1n) is 7.70. The van der Waals surface area contributed by atoms with Crippen LogP contribution in [0.2, 0.25) is 0 Å². The van der Waals surface area contributed by atoms with Crippen molar-refractivity contribution in [2.75, 3.05) is 0 Å². The van der Waals surface area contributed by atoms with Gasteiger partial charge in [-0.15, -0.1) is 0 Å². The Morgan fingerprint density at radius 1 is 0.792 bits per heavy atom. The van der Waals surface area contributed by atoms with Crippen LogP contribution in [0.4, 0.5) is 0 Å². The van der Waals surface area contributed by atoms with Crippen LogP contribution in [0, 0.1) is 10.8 Å². The van der Waals surface area contributed by atoms with E-state index in [0.717, 1.165) is 0 Å². The van der Waals surface area contributed by atoms with Crippen molar-refractivity contribution in [2.45, 2.75) is 41.5 Å². The molecule has 0 saturated carbocycles. The maximum atomic E-state index is 12.2. The number of rotatable bonds is 4. The SMILES string of the molecule is CC(C)(C)C(=O)OB(OC(=O)C(C)(C)C)c1ccc(B(O)O)cc1. The summed E-state index contributed by atoms with van der Waals surface area (Å²) in [7, 11) is -2.81. The molecule has 0 aliphatic rings.